The zero-order chi connectivity index (χ0) is 24.4. The van der Waals surface area contributed by atoms with Gasteiger partial charge in [-0.2, -0.15) is 5.48 Å². The fourth-order valence-electron chi connectivity index (χ4n) is 3.28. The van der Waals surface area contributed by atoms with Gasteiger partial charge in [-0.3, -0.25) is 14.4 Å². The molecule has 1 aromatic carbocycles. The first-order valence-electron chi connectivity index (χ1n) is 10.5. The van der Waals surface area contributed by atoms with E-state index in [0.29, 0.717) is 23.8 Å². The third-order valence-corrected chi connectivity index (χ3v) is 5.16. The average Bonchev–Trinajstić information content (AvgIpc) is 2.78. The molecule has 3 atom stereocenters. The van der Waals surface area contributed by atoms with Crippen molar-refractivity contribution in [1.82, 2.24) is 5.48 Å². The van der Waals surface area contributed by atoms with Crippen LogP contribution in [0.1, 0.15) is 38.7 Å². The fraction of sp³-hybridized carbons (Fsp3) is 0.435. The van der Waals surface area contributed by atoms with Crippen molar-refractivity contribution in [3.63, 3.8) is 0 Å². The highest BCUT2D eigenvalue weighted by Crippen LogP contribution is 2.33. The third-order valence-electron chi connectivity index (χ3n) is 5.16. The van der Waals surface area contributed by atoms with Crippen LogP contribution in [0.25, 0.3) is 0 Å². The number of aldehydes is 1. The van der Waals surface area contributed by atoms with Crippen molar-refractivity contribution in [3.8, 4) is 11.5 Å². The number of aromatic hydroxyl groups is 2. The van der Waals surface area contributed by atoms with Crippen LogP contribution in [0.15, 0.2) is 41.7 Å². The summed E-state index contributed by atoms with van der Waals surface area (Å²) >= 11 is 0. The topological polar surface area (TPSA) is 152 Å². The molecular weight excluding hydrogens is 434 g/mol. The number of esters is 1. The number of carboxylic acid groups (broad SMARTS) is 1. The van der Waals surface area contributed by atoms with E-state index in [-0.39, 0.29) is 43.3 Å². The second kappa shape index (κ2) is 12.6. The van der Waals surface area contributed by atoms with Crippen molar-refractivity contribution in [2.45, 2.75) is 51.9 Å². The van der Waals surface area contributed by atoms with E-state index in [4.69, 9.17) is 19.4 Å². The van der Waals surface area contributed by atoms with Crippen LogP contribution in [-0.2, 0) is 35.1 Å². The van der Waals surface area contributed by atoms with Crippen LogP contribution in [0.4, 0.5) is 0 Å². The number of carboxylic acids is 1. The summed E-state index contributed by atoms with van der Waals surface area (Å²) in [5, 5.41) is 27.7. The third kappa shape index (κ3) is 7.92. The second-order valence-corrected chi connectivity index (χ2v) is 7.58. The minimum Gasteiger partial charge on any atom is -0.504 e. The normalized spacial score (nSPS) is 19.9. The summed E-state index contributed by atoms with van der Waals surface area (Å²) in [5.74, 6) is -2.25. The van der Waals surface area contributed by atoms with E-state index in [0.717, 1.165) is 5.57 Å². The molecule has 0 spiro atoms. The molecule has 1 aliphatic rings. The van der Waals surface area contributed by atoms with Gasteiger partial charge in [0.15, 0.2) is 11.5 Å². The maximum atomic E-state index is 12.4. The van der Waals surface area contributed by atoms with Crippen LogP contribution in [0.2, 0.25) is 0 Å². The smallest absolute Gasteiger partial charge is 0.306 e. The Balaban J connectivity index is 1.90. The number of aliphatic carboxylic acids is 1. The number of hydroxylamine groups is 1. The van der Waals surface area contributed by atoms with Crippen molar-refractivity contribution in [3.05, 3.63) is 47.2 Å². The van der Waals surface area contributed by atoms with Crippen molar-refractivity contribution in [2.75, 3.05) is 6.61 Å². The number of hydrogen-bond acceptors (Lipinski definition) is 9. The molecule has 0 saturated heterocycles. The molecule has 0 fully saturated rings. The predicted molar refractivity (Wildman–Crippen MR) is 116 cm³/mol. The summed E-state index contributed by atoms with van der Waals surface area (Å²) in [6, 6.07) is 3.58. The number of carbonyl (C=O) groups is 3. The van der Waals surface area contributed by atoms with E-state index < -0.39 is 24.3 Å². The molecule has 180 valence electrons. The van der Waals surface area contributed by atoms with Gasteiger partial charge in [0.25, 0.3) is 0 Å². The van der Waals surface area contributed by atoms with E-state index in [1.54, 1.807) is 19.1 Å². The lowest BCUT2D eigenvalue weighted by molar-refractivity contribution is -0.154. The molecule has 1 heterocycles. The zero-order valence-corrected chi connectivity index (χ0v) is 18.5. The van der Waals surface area contributed by atoms with E-state index in [2.05, 4.69) is 5.48 Å². The Morgan fingerprint density at radius 3 is 2.67 bits per heavy atom. The Morgan fingerprint density at radius 2 is 2.03 bits per heavy atom. The first-order valence-corrected chi connectivity index (χ1v) is 10.5. The zero-order valence-electron chi connectivity index (χ0n) is 18.5. The molecule has 10 nitrogen and oxygen atoms in total. The quantitative estimate of drug-likeness (QED) is 0.119. The average molecular weight is 463 g/mol. The summed E-state index contributed by atoms with van der Waals surface area (Å²) in [5.41, 5.74) is 4.69. The minimum atomic E-state index is -1.02. The molecule has 0 radical (unpaired) electrons. The van der Waals surface area contributed by atoms with Gasteiger partial charge >= 0.3 is 11.9 Å². The molecule has 10 heteroatoms. The first-order chi connectivity index (χ1) is 15.7. The molecule has 33 heavy (non-hydrogen) atoms. The van der Waals surface area contributed by atoms with Gasteiger partial charge in [0.05, 0.1) is 25.3 Å². The number of ether oxygens (including phenoxy) is 2. The number of allylic oxidation sites excluding steroid dienone is 2. The lowest BCUT2D eigenvalue weighted by Gasteiger charge is -2.31. The van der Waals surface area contributed by atoms with Crippen LogP contribution < -0.4 is 5.48 Å². The number of benzene rings is 1. The van der Waals surface area contributed by atoms with E-state index >= 15 is 0 Å². The van der Waals surface area contributed by atoms with Crippen molar-refractivity contribution in [2.24, 2.45) is 5.92 Å². The summed E-state index contributed by atoms with van der Waals surface area (Å²) in [6.45, 7) is 3.68. The van der Waals surface area contributed by atoms with Crippen LogP contribution in [-0.4, -0.2) is 52.5 Å². The number of hydrogen-bond donors (Lipinski definition) is 4. The van der Waals surface area contributed by atoms with Gasteiger partial charge in [-0.1, -0.05) is 12.1 Å². The largest absolute Gasteiger partial charge is 0.504 e. The van der Waals surface area contributed by atoms with E-state index in [1.165, 1.54) is 18.4 Å². The molecule has 2 unspecified atom stereocenters. The summed E-state index contributed by atoms with van der Waals surface area (Å²) in [4.78, 5) is 39.8. The van der Waals surface area contributed by atoms with Gasteiger partial charge < -0.3 is 29.6 Å². The van der Waals surface area contributed by atoms with Gasteiger partial charge in [-0.15, -0.1) is 0 Å². The molecule has 0 amide bonds. The van der Waals surface area contributed by atoms with Crippen molar-refractivity contribution in [1.29, 1.82) is 0 Å². The molecule has 1 aromatic rings. The van der Waals surface area contributed by atoms with Gasteiger partial charge in [0.2, 0.25) is 6.29 Å². The molecular formula is C23H29NO9. The highest BCUT2D eigenvalue weighted by molar-refractivity contribution is 5.71. The highest BCUT2D eigenvalue weighted by atomic mass is 16.8. The molecule has 2 rings (SSSR count). The van der Waals surface area contributed by atoms with Gasteiger partial charge in [0, 0.05) is 24.3 Å². The van der Waals surface area contributed by atoms with E-state index in [9.17, 15) is 24.6 Å². The lowest BCUT2D eigenvalue weighted by atomic mass is 9.87. The Morgan fingerprint density at radius 1 is 1.27 bits per heavy atom. The summed E-state index contributed by atoms with van der Waals surface area (Å²) < 4.78 is 10.9. The Hall–Kier alpha value is -3.37. The second-order valence-electron chi connectivity index (χ2n) is 7.58. The Bertz CT molecular complexity index is 909. The Kier molecular flexibility index (Phi) is 9.89. The maximum Gasteiger partial charge on any atom is 0.306 e. The molecule has 0 aromatic heterocycles. The highest BCUT2D eigenvalue weighted by Gasteiger charge is 2.32. The van der Waals surface area contributed by atoms with Crippen molar-refractivity contribution >= 4 is 18.2 Å². The molecule has 0 bridgehead atoms. The number of rotatable bonds is 12. The minimum absolute atomic E-state index is 0.0438. The maximum absolute atomic E-state index is 12.4. The van der Waals surface area contributed by atoms with Gasteiger partial charge in [-0.25, -0.2) is 0 Å². The van der Waals surface area contributed by atoms with Crippen LogP contribution >= 0.6 is 0 Å². The molecule has 0 aliphatic carbocycles. The van der Waals surface area contributed by atoms with Gasteiger partial charge in [0.1, 0.15) is 6.29 Å². The lowest BCUT2D eigenvalue weighted by Crippen LogP contribution is -2.39. The summed E-state index contributed by atoms with van der Waals surface area (Å²) in [7, 11) is 0. The number of carbonyl (C=O) groups excluding carboxylic acids is 2. The SMILES string of the molecule is C/C=C1/C(ON[C@H](C=O)CCC(=O)O)OC=C(C)C1CC(=O)OCCc1ccc(O)c(O)c1. The number of phenols is 2. The number of nitrogens with one attached hydrogen (secondary N) is 1. The predicted octanol–water partition coefficient (Wildman–Crippen LogP) is 2.35. The van der Waals surface area contributed by atoms with Gasteiger partial charge in [-0.05, 0) is 43.5 Å². The first kappa shape index (κ1) is 25.9. The van der Waals surface area contributed by atoms with Crippen LogP contribution in [0.3, 0.4) is 0 Å². The standard InChI is InChI=1S/C23H29NO9/c1-3-17-18(11-22(30)31-9-8-15-4-6-19(26)20(27)10-15)14(2)13-32-23(17)33-24-16(12-25)5-7-21(28)29/h3-4,6,10,12-13,16,18,23-24,26-27H,5,7-9,11H2,1-2H3,(H,28,29)/b17-3+/t16-,18?,23?/m0/s1. The van der Waals surface area contributed by atoms with Crippen molar-refractivity contribution < 1.29 is 44.0 Å². The molecule has 4 N–H and O–H groups in total. The molecule has 0 saturated carbocycles. The fourth-order valence-corrected chi connectivity index (χ4v) is 3.28. The monoisotopic (exact) mass is 463 g/mol. The number of phenolic OH excluding ortho intramolecular Hbond substituents is 2. The van der Waals surface area contributed by atoms with Crippen LogP contribution in [0.5, 0.6) is 11.5 Å². The molecule has 1 aliphatic heterocycles. The van der Waals surface area contributed by atoms with Crippen LogP contribution in [0, 0.1) is 5.92 Å². The Labute approximate surface area is 191 Å². The summed E-state index contributed by atoms with van der Waals surface area (Å²) in [6.07, 6.45) is 3.17. The van der Waals surface area contributed by atoms with E-state index in [1.807, 2.05) is 6.92 Å².